The number of nitrogens with two attached hydrogens (primary N) is 1. The van der Waals surface area contributed by atoms with E-state index in [-0.39, 0.29) is 0 Å². The molecule has 1 aliphatic rings. The van der Waals surface area contributed by atoms with E-state index < -0.39 is 5.60 Å². The minimum Gasteiger partial charge on any atom is -0.389 e. The van der Waals surface area contributed by atoms with Crippen LogP contribution in [0.15, 0.2) is 0 Å². The van der Waals surface area contributed by atoms with Crippen molar-refractivity contribution >= 4 is 0 Å². The van der Waals surface area contributed by atoms with Gasteiger partial charge in [0.05, 0.1) is 12.2 Å². The van der Waals surface area contributed by atoms with Crippen LogP contribution in [0.4, 0.5) is 0 Å². The van der Waals surface area contributed by atoms with Crippen LogP contribution in [0.3, 0.4) is 0 Å². The quantitative estimate of drug-likeness (QED) is 0.701. The van der Waals surface area contributed by atoms with Crippen LogP contribution in [0.2, 0.25) is 0 Å². The number of hydrogen-bond donors (Lipinski definition) is 2. The number of aliphatic hydroxyl groups is 1. The third kappa shape index (κ3) is 4.37. The van der Waals surface area contributed by atoms with Gasteiger partial charge in [-0.2, -0.15) is 0 Å². The molecule has 0 bridgehead atoms. The van der Waals surface area contributed by atoms with E-state index in [2.05, 4.69) is 4.90 Å². The zero-order valence-electron chi connectivity index (χ0n) is 10.6. The molecule has 96 valence electrons. The van der Waals surface area contributed by atoms with Crippen molar-refractivity contribution in [2.24, 2.45) is 5.73 Å². The van der Waals surface area contributed by atoms with Crippen molar-refractivity contribution in [2.75, 3.05) is 33.4 Å². The summed E-state index contributed by atoms with van der Waals surface area (Å²) in [6.07, 6.45) is 4.04. The molecule has 1 heterocycles. The van der Waals surface area contributed by atoms with Gasteiger partial charge in [-0.15, -0.1) is 0 Å². The van der Waals surface area contributed by atoms with Gasteiger partial charge in [-0.1, -0.05) is 0 Å². The first-order valence-corrected chi connectivity index (χ1v) is 6.24. The van der Waals surface area contributed by atoms with Crippen molar-refractivity contribution in [3.63, 3.8) is 0 Å². The summed E-state index contributed by atoms with van der Waals surface area (Å²) in [4.78, 5) is 2.35. The Morgan fingerprint density at radius 3 is 2.88 bits per heavy atom. The van der Waals surface area contributed by atoms with E-state index in [1.54, 1.807) is 7.11 Å². The Bertz CT molecular complexity index is 197. The third-order valence-corrected chi connectivity index (χ3v) is 3.32. The van der Waals surface area contributed by atoms with Crippen molar-refractivity contribution in [2.45, 2.75) is 44.2 Å². The Morgan fingerprint density at radius 2 is 2.31 bits per heavy atom. The largest absolute Gasteiger partial charge is 0.389 e. The van der Waals surface area contributed by atoms with Gasteiger partial charge < -0.3 is 15.6 Å². The van der Waals surface area contributed by atoms with Crippen LogP contribution in [-0.2, 0) is 4.74 Å². The first-order chi connectivity index (χ1) is 7.59. The Balaban J connectivity index is 2.48. The maximum atomic E-state index is 10.1. The number of β-amino-alcohol motifs (C(OH)–C–C–N with tert-alkyl or cyclic N) is 1. The van der Waals surface area contributed by atoms with E-state index in [1.165, 1.54) is 0 Å². The highest BCUT2D eigenvalue weighted by atomic mass is 16.5. The molecule has 4 heteroatoms. The monoisotopic (exact) mass is 230 g/mol. The number of hydrogen-bond acceptors (Lipinski definition) is 4. The Kier molecular flexibility index (Phi) is 5.69. The van der Waals surface area contributed by atoms with E-state index in [1.807, 2.05) is 6.92 Å². The Morgan fingerprint density at radius 1 is 1.56 bits per heavy atom. The molecule has 3 N–H and O–H groups in total. The average Bonchev–Trinajstić information content (AvgIpc) is 2.22. The lowest BCUT2D eigenvalue weighted by Gasteiger charge is -2.41. The number of ether oxygens (including phenoxy) is 1. The molecule has 1 rings (SSSR count). The highest BCUT2D eigenvalue weighted by Gasteiger charge is 2.31. The van der Waals surface area contributed by atoms with E-state index in [9.17, 15) is 5.11 Å². The van der Waals surface area contributed by atoms with Crippen LogP contribution >= 0.6 is 0 Å². The second-order valence-electron chi connectivity index (χ2n) is 5.11. The SMILES string of the molecule is COCC(CCCN)N1CCCC(C)(O)C1. The van der Waals surface area contributed by atoms with Gasteiger partial charge in [0, 0.05) is 19.7 Å². The van der Waals surface area contributed by atoms with E-state index in [0.717, 1.165) is 51.9 Å². The molecule has 1 fully saturated rings. The number of likely N-dealkylation sites (tertiary alicyclic amines) is 1. The predicted octanol–water partition coefficient (Wildman–Crippen LogP) is 0.587. The molecule has 16 heavy (non-hydrogen) atoms. The number of rotatable bonds is 6. The van der Waals surface area contributed by atoms with Crippen LogP contribution in [0.5, 0.6) is 0 Å². The smallest absolute Gasteiger partial charge is 0.0746 e. The molecule has 4 nitrogen and oxygen atoms in total. The van der Waals surface area contributed by atoms with Crippen molar-refractivity contribution in [1.29, 1.82) is 0 Å². The average molecular weight is 230 g/mol. The fourth-order valence-corrected chi connectivity index (χ4v) is 2.49. The maximum absolute atomic E-state index is 10.1. The zero-order valence-corrected chi connectivity index (χ0v) is 10.6. The van der Waals surface area contributed by atoms with Gasteiger partial charge in [-0.05, 0) is 45.7 Å². The molecular formula is C12H26N2O2. The highest BCUT2D eigenvalue weighted by molar-refractivity contribution is 4.86. The summed E-state index contributed by atoms with van der Waals surface area (Å²) in [5, 5.41) is 10.1. The van der Waals surface area contributed by atoms with E-state index in [4.69, 9.17) is 10.5 Å². The Labute approximate surface area is 98.8 Å². The maximum Gasteiger partial charge on any atom is 0.0746 e. The lowest BCUT2D eigenvalue weighted by molar-refractivity contribution is -0.0425. The molecule has 0 aromatic heterocycles. The van der Waals surface area contributed by atoms with Gasteiger partial charge in [0.2, 0.25) is 0 Å². The highest BCUT2D eigenvalue weighted by Crippen LogP contribution is 2.23. The molecule has 0 spiro atoms. The molecule has 1 saturated heterocycles. The second-order valence-corrected chi connectivity index (χ2v) is 5.11. The summed E-state index contributed by atoms with van der Waals surface area (Å²) in [6, 6.07) is 0.403. The molecule has 0 aromatic rings. The molecule has 2 unspecified atom stereocenters. The van der Waals surface area contributed by atoms with Crippen LogP contribution < -0.4 is 5.73 Å². The molecule has 0 aliphatic carbocycles. The molecule has 0 radical (unpaired) electrons. The van der Waals surface area contributed by atoms with Gasteiger partial charge in [0.25, 0.3) is 0 Å². The molecular weight excluding hydrogens is 204 g/mol. The molecule has 0 aromatic carbocycles. The first-order valence-electron chi connectivity index (χ1n) is 6.24. The number of piperidine rings is 1. The Hall–Kier alpha value is -0.160. The summed E-state index contributed by atoms with van der Waals surface area (Å²) in [6.45, 7) is 5.20. The van der Waals surface area contributed by atoms with Gasteiger partial charge >= 0.3 is 0 Å². The standard InChI is InChI=1S/C12H26N2O2/c1-12(15)6-4-8-14(10-12)11(9-16-2)5-3-7-13/h11,15H,3-10,13H2,1-2H3. The van der Waals surface area contributed by atoms with Crippen LogP contribution in [0.1, 0.15) is 32.6 Å². The minimum atomic E-state index is -0.535. The van der Waals surface area contributed by atoms with E-state index >= 15 is 0 Å². The summed E-state index contributed by atoms with van der Waals surface area (Å²) >= 11 is 0. The van der Waals surface area contributed by atoms with Crippen LogP contribution in [0, 0.1) is 0 Å². The van der Waals surface area contributed by atoms with Crippen LogP contribution in [-0.4, -0.2) is 55.0 Å². The summed E-state index contributed by atoms with van der Waals surface area (Å²) in [5.41, 5.74) is 5.01. The molecule has 2 atom stereocenters. The van der Waals surface area contributed by atoms with Gasteiger partial charge in [0.1, 0.15) is 0 Å². The number of methoxy groups -OCH3 is 1. The normalized spacial score (nSPS) is 29.2. The summed E-state index contributed by atoms with van der Waals surface area (Å²) < 4.78 is 5.26. The van der Waals surface area contributed by atoms with E-state index in [0.29, 0.717) is 6.04 Å². The fraction of sp³-hybridized carbons (Fsp3) is 1.00. The first kappa shape index (κ1) is 13.9. The molecule has 0 saturated carbocycles. The lowest BCUT2D eigenvalue weighted by atomic mass is 9.93. The fourth-order valence-electron chi connectivity index (χ4n) is 2.49. The lowest BCUT2D eigenvalue weighted by Crippen LogP contribution is -2.51. The second kappa shape index (κ2) is 6.55. The van der Waals surface area contributed by atoms with Crippen molar-refractivity contribution in [1.82, 2.24) is 4.90 Å². The van der Waals surface area contributed by atoms with Crippen molar-refractivity contribution in [3.8, 4) is 0 Å². The third-order valence-electron chi connectivity index (χ3n) is 3.32. The van der Waals surface area contributed by atoms with Gasteiger partial charge in [0.15, 0.2) is 0 Å². The van der Waals surface area contributed by atoms with Gasteiger partial charge in [-0.25, -0.2) is 0 Å². The molecule has 1 aliphatic heterocycles. The zero-order chi connectivity index (χ0) is 12.0. The van der Waals surface area contributed by atoms with Crippen LogP contribution in [0.25, 0.3) is 0 Å². The van der Waals surface area contributed by atoms with Crippen molar-refractivity contribution in [3.05, 3.63) is 0 Å². The van der Waals surface area contributed by atoms with Crippen molar-refractivity contribution < 1.29 is 9.84 Å². The summed E-state index contributed by atoms with van der Waals surface area (Å²) in [5.74, 6) is 0. The summed E-state index contributed by atoms with van der Waals surface area (Å²) in [7, 11) is 1.73. The minimum absolute atomic E-state index is 0.403. The number of nitrogens with zero attached hydrogens (tertiary/aromatic N) is 1. The predicted molar refractivity (Wildman–Crippen MR) is 65.4 cm³/mol. The topological polar surface area (TPSA) is 58.7 Å². The molecule has 0 amide bonds. The van der Waals surface area contributed by atoms with Gasteiger partial charge in [-0.3, -0.25) is 4.90 Å².